The highest BCUT2D eigenvalue weighted by Gasteiger charge is 2.35. The number of rotatable bonds is 4. The molecule has 0 unspecified atom stereocenters. The Kier molecular flexibility index (Phi) is 4.78. The second-order valence-electron chi connectivity index (χ2n) is 5.29. The number of aliphatic carboxylic acids is 1. The number of hydrogen-bond donors (Lipinski definition) is 3. The maximum absolute atomic E-state index is 10.9. The summed E-state index contributed by atoms with van der Waals surface area (Å²) in [6.07, 6.45) is 1.89. The molecule has 1 saturated carbocycles. The molecular formula is C14H17Cl2NO3. The summed E-state index contributed by atoms with van der Waals surface area (Å²) in [6.45, 7) is 0.308. The molecule has 0 aromatic heterocycles. The van der Waals surface area contributed by atoms with Gasteiger partial charge in [-0.1, -0.05) is 29.3 Å². The summed E-state index contributed by atoms with van der Waals surface area (Å²) in [4.78, 5) is 10.9. The molecule has 0 atom stereocenters. The Hall–Kier alpha value is -0.970. The van der Waals surface area contributed by atoms with Crippen molar-refractivity contribution in [2.45, 2.75) is 31.3 Å². The molecule has 3 N–H and O–H groups in total. The predicted molar refractivity (Wildman–Crippen MR) is 79.5 cm³/mol. The van der Waals surface area contributed by atoms with E-state index in [9.17, 15) is 9.90 Å². The minimum Gasteiger partial charge on any atom is -0.481 e. The van der Waals surface area contributed by atoms with Crippen LogP contribution in [-0.2, 0) is 4.79 Å². The van der Waals surface area contributed by atoms with Crippen molar-refractivity contribution in [2.75, 3.05) is 11.9 Å². The second-order valence-corrected chi connectivity index (χ2v) is 6.10. The van der Waals surface area contributed by atoms with Crippen LogP contribution in [0, 0.1) is 5.92 Å². The second kappa shape index (κ2) is 6.20. The molecule has 2 rings (SSSR count). The van der Waals surface area contributed by atoms with Crippen LogP contribution in [0.3, 0.4) is 0 Å². The quantitative estimate of drug-likeness (QED) is 0.796. The molecule has 110 valence electrons. The zero-order valence-corrected chi connectivity index (χ0v) is 12.4. The molecular weight excluding hydrogens is 301 g/mol. The number of carboxylic acid groups (broad SMARTS) is 1. The molecule has 0 saturated heterocycles. The van der Waals surface area contributed by atoms with Crippen molar-refractivity contribution in [3.8, 4) is 0 Å². The predicted octanol–water partition coefficient (Wildman–Crippen LogP) is 3.41. The zero-order chi connectivity index (χ0) is 14.8. The fourth-order valence-corrected chi connectivity index (χ4v) is 3.03. The van der Waals surface area contributed by atoms with Crippen molar-refractivity contribution in [3.63, 3.8) is 0 Å². The van der Waals surface area contributed by atoms with Crippen LogP contribution >= 0.6 is 23.2 Å². The van der Waals surface area contributed by atoms with Crippen LogP contribution < -0.4 is 5.32 Å². The highest BCUT2D eigenvalue weighted by Crippen LogP contribution is 2.35. The van der Waals surface area contributed by atoms with Gasteiger partial charge in [0.15, 0.2) is 0 Å². The van der Waals surface area contributed by atoms with Crippen molar-refractivity contribution in [1.82, 2.24) is 0 Å². The van der Waals surface area contributed by atoms with Gasteiger partial charge >= 0.3 is 5.97 Å². The van der Waals surface area contributed by atoms with Crippen LogP contribution in [0.2, 0.25) is 10.0 Å². The van der Waals surface area contributed by atoms with E-state index in [1.807, 2.05) is 0 Å². The normalized spacial score (nSPS) is 26.2. The van der Waals surface area contributed by atoms with E-state index < -0.39 is 11.6 Å². The lowest BCUT2D eigenvalue weighted by molar-refractivity contribution is -0.144. The first-order chi connectivity index (χ1) is 9.41. The van der Waals surface area contributed by atoms with Crippen molar-refractivity contribution < 1.29 is 15.0 Å². The third-order valence-corrected chi connectivity index (χ3v) is 4.45. The van der Waals surface area contributed by atoms with E-state index in [4.69, 9.17) is 28.3 Å². The molecule has 0 spiro atoms. The Morgan fingerprint density at radius 2 is 1.85 bits per heavy atom. The minimum atomic E-state index is -0.908. The van der Waals surface area contributed by atoms with Crippen LogP contribution in [0.4, 0.5) is 5.69 Å². The van der Waals surface area contributed by atoms with Crippen LogP contribution in [0.1, 0.15) is 25.7 Å². The van der Waals surface area contributed by atoms with E-state index in [1.54, 1.807) is 18.2 Å². The number of hydrogen-bond acceptors (Lipinski definition) is 3. The first-order valence-electron chi connectivity index (χ1n) is 6.54. The van der Waals surface area contributed by atoms with Gasteiger partial charge in [-0.05, 0) is 37.8 Å². The maximum atomic E-state index is 10.9. The standard InChI is InChI=1S/C14H17Cl2NO3/c15-10-2-1-3-11(16)12(10)17-8-14(20)6-4-9(5-7-14)13(18)19/h1-3,9,17,20H,4-8H2,(H,18,19). The summed E-state index contributed by atoms with van der Waals surface area (Å²) in [5, 5.41) is 23.5. The SMILES string of the molecule is O=C(O)C1CCC(O)(CNc2c(Cl)cccc2Cl)CC1. The summed E-state index contributed by atoms with van der Waals surface area (Å²) >= 11 is 12.1. The molecule has 1 aromatic carbocycles. The topological polar surface area (TPSA) is 69.6 Å². The highest BCUT2D eigenvalue weighted by molar-refractivity contribution is 6.39. The third-order valence-electron chi connectivity index (χ3n) is 3.82. The number of carboxylic acids is 1. The smallest absolute Gasteiger partial charge is 0.306 e. The lowest BCUT2D eigenvalue weighted by Crippen LogP contribution is -2.41. The molecule has 0 aliphatic heterocycles. The van der Waals surface area contributed by atoms with Crippen molar-refractivity contribution in [3.05, 3.63) is 28.2 Å². The average Bonchev–Trinajstić information content (AvgIpc) is 2.38. The minimum absolute atomic E-state index is 0.308. The fourth-order valence-electron chi connectivity index (χ4n) is 2.50. The number of para-hydroxylation sites is 1. The Labute approximate surface area is 127 Å². The summed E-state index contributed by atoms with van der Waals surface area (Å²) in [6, 6.07) is 5.20. The number of aliphatic hydroxyl groups is 1. The van der Waals surface area contributed by atoms with E-state index in [-0.39, 0.29) is 5.92 Å². The zero-order valence-electron chi connectivity index (χ0n) is 10.9. The van der Waals surface area contributed by atoms with Gasteiger partial charge in [0.1, 0.15) is 0 Å². The summed E-state index contributed by atoms with van der Waals surface area (Å²) in [5.41, 5.74) is -0.307. The van der Waals surface area contributed by atoms with Crippen molar-refractivity contribution in [1.29, 1.82) is 0 Å². The van der Waals surface area contributed by atoms with Crippen molar-refractivity contribution in [2.24, 2.45) is 5.92 Å². The lowest BCUT2D eigenvalue weighted by Gasteiger charge is -2.35. The number of nitrogens with one attached hydrogen (secondary N) is 1. The molecule has 1 fully saturated rings. The first kappa shape index (κ1) is 15.4. The van der Waals surface area contributed by atoms with Gasteiger partial charge in [0.05, 0.1) is 27.3 Å². The summed E-state index contributed by atoms with van der Waals surface area (Å²) < 4.78 is 0. The Bertz CT molecular complexity index is 479. The molecule has 20 heavy (non-hydrogen) atoms. The summed E-state index contributed by atoms with van der Waals surface area (Å²) in [7, 11) is 0. The van der Waals surface area contributed by atoms with Crippen LogP contribution in [0.15, 0.2) is 18.2 Å². The van der Waals surface area contributed by atoms with E-state index in [1.165, 1.54) is 0 Å². The molecule has 0 bridgehead atoms. The first-order valence-corrected chi connectivity index (χ1v) is 7.30. The number of halogens is 2. The number of benzene rings is 1. The van der Waals surface area contributed by atoms with E-state index >= 15 is 0 Å². The monoisotopic (exact) mass is 317 g/mol. The van der Waals surface area contributed by atoms with Crippen LogP contribution in [0.25, 0.3) is 0 Å². The Balaban J connectivity index is 1.96. The van der Waals surface area contributed by atoms with Gasteiger partial charge in [-0.15, -0.1) is 0 Å². The van der Waals surface area contributed by atoms with Gasteiger partial charge in [0.25, 0.3) is 0 Å². The van der Waals surface area contributed by atoms with Crippen molar-refractivity contribution >= 4 is 34.9 Å². The van der Waals surface area contributed by atoms with Gasteiger partial charge in [-0.2, -0.15) is 0 Å². The third kappa shape index (κ3) is 3.57. The van der Waals surface area contributed by atoms with E-state index in [0.717, 1.165) is 0 Å². The van der Waals surface area contributed by atoms with Gasteiger partial charge < -0.3 is 15.5 Å². The molecule has 1 aliphatic rings. The maximum Gasteiger partial charge on any atom is 0.306 e. The lowest BCUT2D eigenvalue weighted by atomic mass is 9.79. The Morgan fingerprint density at radius 1 is 1.30 bits per heavy atom. The molecule has 4 nitrogen and oxygen atoms in total. The van der Waals surface area contributed by atoms with Gasteiger partial charge in [0.2, 0.25) is 0 Å². The fraction of sp³-hybridized carbons (Fsp3) is 0.500. The van der Waals surface area contributed by atoms with E-state index in [0.29, 0.717) is 48.0 Å². The highest BCUT2D eigenvalue weighted by atomic mass is 35.5. The molecule has 1 aliphatic carbocycles. The average molecular weight is 318 g/mol. The Morgan fingerprint density at radius 3 is 2.35 bits per heavy atom. The molecule has 1 aromatic rings. The molecule has 0 radical (unpaired) electrons. The largest absolute Gasteiger partial charge is 0.481 e. The summed E-state index contributed by atoms with van der Waals surface area (Å²) in [5.74, 6) is -1.13. The van der Waals surface area contributed by atoms with E-state index in [2.05, 4.69) is 5.32 Å². The molecule has 0 heterocycles. The number of anilines is 1. The molecule has 6 heteroatoms. The van der Waals surface area contributed by atoms with Gasteiger partial charge in [-0.25, -0.2) is 0 Å². The van der Waals surface area contributed by atoms with Gasteiger partial charge in [0, 0.05) is 6.54 Å². The molecule has 0 amide bonds. The number of carbonyl (C=O) groups is 1. The van der Waals surface area contributed by atoms with Crippen LogP contribution in [0.5, 0.6) is 0 Å². The van der Waals surface area contributed by atoms with Gasteiger partial charge in [-0.3, -0.25) is 4.79 Å². The van der Waals surface area contributed by atoms with Crippen LogP contribution in [-0.4, -0.2) is 28.3 Å².